The van der Waals surface area contributed by atoms with Gasteiger partial charge in [-0.25, -0.2) is 9.97 Å². The number of morpholine rings is 1. The molecule has 1 aromatic carbocycles. The Balaban J connectivity index is 1.43. The van der Waals surface area contributed by atoms with Crippen molar-refractivity contribution in [1.82, 2.24) is 15.3 Å². The number of ether oxygens (including phenoxy) is 2. The molecule has 1 aliphatic rings. The number of hydrogen-bond acceptors (Lipinski definition) is 7. The van der Waals surface area contributed by atoms with Crippen molar-refractivity contribution in [2.45, 2.75) is 37.5 Å². The third kappa shape index (κ3) is 6.61. The van der Waals surface area contributed by atoms with Crippen LogP contribution < -0.4 is 15.0 Å². The summed E-state index contributed by atoms with van der Waals surface area (Å²) < 4.78 is 10.9. The van der Waals surface area contributed by atoms with Gasteiger partial charge in [0.25, 0.3) is 0 Å². The maximum Gasteiger partial charge on any atom is 0.230 e. The van der Waals surface area contributed by atoms with Crippen LogP contribution in [0.1, 0.15) is 19.4 Å². The van der Waals surface area contributed by atoms with Gasteiger partial charge < -0.3 is 19.7 Å². The second kappa shape index (κ2) is 10.5. The molecule has 2 unspecified atom stereocenters. The average molecular weight is 417 g/mol. The maximum absolute atomic E-state index is 12.2. The molecule has 29 heavy (non-hydrogen) atoms. The minimum atomic E-state index is -0.00251. The summed E-state index contributed by atoms with van der Waals surface area (Å²) in [6.45, 7) is 6.34. The minimum Gasteiger partial charge on any atom is -0.497 e. The first kappa shape index (κ1) is 21.4. The fourth-order valence-corrected chi connectivity index (χ4v) is 3.97. The van der Waals surface area contributed by atoms with E-state index < -0.39 is 0 Å². The molecule has 1 saturated heterocycles. The van der Waals surface area contributed by atoms with Gasteiger partial charge in [0.15, 0.2) is 0 Å². The van der Waals surface area contributed by atoms with E-state index in [4.69, 9.17) is 9.47 Å². The van der Waals surface area contributed by atoms with E-state index in [9.17, 15) is 4.79 Å². The third-order valence-corrected chi connectivity index (χ3v) is 5.54. The van der Waals surface area contributed by atoms with Crippen LogP contribution in [0.2, 0.25) is 0 Å². The molecule has 2 heterocycles. The summed E-state index contributed by atoms with van der Waals surface area (Å²) >= 11 is 1.42. The second-order valence-corrected chi connectivity index (χ2v) is 8.11. The van der Waals surface area contributed by atoms with Gasteiger partial charge in [-0.1, -0.05) is 23.9 Å². The van der Waals surface area contributed by atoms with Gasteiger partial charge >= 0.3 is 0 Å². The maximum atomic E-state index is 12.2. The molecule has 7 nitrogen and oxygen atoms in total. The molecule has 2 aromatic rings. The number of rotatable bonds is 8. The molecular formula is C21H28N4O3S. The van der Waals surface area contributed by atoms with Gasteiger partial charge in [-0.3, -0.25) is 4.79 Å². The predicted octanol–water partition coefficient (Wildman–Crippen LogP) is 2.55. The van der Waals surface area contributed by atoms with Crippen LogP contribution in [-0.4, -0.2) is 60.6 Å². The third-order valence-electron chi connectivity index (χ3n) is 4.62. The van der Waals surface area contributed by atoms with Crippen LogP contribution >= 0.6 is 11.8 Å². The van der Waals surface area contributed by atoms with Gasteiger partial charge in [-0.05, 0) is 38.0 Å². The first-order chi connectivity index (χ1) is 14.0. The highest BCUT2D eigenvalue weighted by Crippen LogP contribution is 2.22. The van der Waals surface area contributed by atoms with Gasteiger partial charge in [0.2, 0.25) is 5.91 Å². The van der Waals surface area contributed by atoms with Crippen LogP contribution in [0, 0.1) is 0 Å². The standard InChI is InChI=1S/C21H28N4O3S/c1-15-11-25(12-16(2)28-15)19-10-21(24-14-23-19)29-13-20(26)22-9-8-17-4-6-18(27-3)7-5-17/h4-7,10,14-16H,8-9,11-13H2,1-3H3,(H,22,26). The summed E-state index contributed by atoms with van der Waals surface area (Å²) in [7, 11) is 1.65. The van der Waals surface area contributed by atoms with E-state index in [-0.39, 0.29) is 18.1 Å². The molecule has 3 rings (SSSR count). The summed E-state index contributed by atoms with van der Waals surface area (Å²) in [6, 6.07) is 9.82. The molecule has 0 aliphatic carbocycles. The van der Waals surface area contributed by atoms with Crippen molar-refractivity contribution in [3.63, 3.8) is 0 Å². The minimum absolute atomic E-state index is 0.00251. The molecule has 0 saturated carbocycles. The zero-order valence-corrected chi connectivity index (χ0v) is 17.9. The number of amides is 1. The SMILES string of the molecule is COc1ccc(CCNC(=O)CSc2cc(N3CC(C)OC(C)C3)ncn2)cc1. The molecule has 1 amide bonds. The number of carbonyl (C=O) groups excluding carboxylic acids is 1. The van der Waals surface area contributed by atoms with Crippen LogP contribution in [0.25, 0.3) is 0 Å². The van der Waals surface area contributed by atoms with E-state index in [0.29, 0.717) is 12.3 Å². The van der Waals surface area contributed by atoms with Crippen LogP contribution in [0.15, 0.2) is 41.7 Å². The fourth-order valence-electron chi connectivity index (χ4n) is 3.28. The molecule has 156 valence electrons. The van der Waals surface area contributed by atoms with Crippen molar-refractivity contribution in [2.24, 2.45) is 0 Å². The van der Waals surface area contributed by atoms with E-state index in [0.717, 1.165) is 41.7 Å². The molecule has 0 radical (unpaired) electrons. The van der Waals surface area contributed by atoms with Crippen molar-refractivity contribution >= 4 is 23.5 Å². The highest BCUT2D eigenvalue weighted by atomic mass is 32.2. The van der Waals surface area contributed by atoms with Crippen molar-refractivity contribution < 1.29 is 14.3 Å². The zero-order chi connectivity index (χ0) is 20.6. The van der Waals surface area contributed by atoms with E-state index in [1.54, 1.807) is 13.4 Å². The molecule has 0 bridgehead atoms. The molecule has 1 N–H and O–H groups in total. The number of hydrogen-bond donors (Lipinski definition) is 1. The summed E-state index contributed by atoms with van der Waals surface area (Å²) in [5.74, 6) is 2.04. The summed E-state index contributed by atoms with van der Waals surface area (Å²) in [5, 5.41) is 3.76. The number of benzene rings is 1. The molecule has 1 fully saturated rings. The van der Waals surface area contributed by atoms with Crippen LogP contribution in [0.5, 0.6) is 5.75 Å². The van der Waals surface area contributed by atoms with Crippen molar-refractivity contribution in [2.75, 3.05) is 37.4 Å². The van der Waals surface area contributed by atoms with Gasteiger partial charge in [0.1, 0.15) is 22.9 Å². The predicted molar refractivity (Wildman–Crippen MR) is 115 cm³/mol. The Morgan fingerprint density at radius 3 is 2.66 bits per heavy atom. The lowest BCUT2D eigenvalue weighted by molar-refractivity contribution is -0.118. The molecule has 1 aromatic heterocycles. The van der Waals surface area contributed by atoms with Crippen LogP contribution in [0.4, 0.5) is 5.82 Å². The highest BCUT2D eigenvalue weighted by molar-refractivity contribution is 7.99. The van der Waals surface area contributed by atoms with Crippen molar-refractivity contribution in [3.05, 3.63) is 42.2 Å². The largest absolute Gasteiger partial charge is 0.497 e. The summed E-state index contributed by atoms with van der Waals surface area (Å²) in [6.07, 6.45) is 2.68. The Kier molecular flexibility index (Phi) is 7.71. The smallest absolute Gasteiger partial charge is 0.230 e. The lowest BCUT2D eigenvalue weighted by atomic mass is 10.1. The first-order valence-electron chi connectivity index (χ1n) is 9.78. The lowest BCUT2D eigenvalue weighted by Gasteiger charge is -2.36. The highest BCUT2D eigenvalue weighted by Gasteiger charge is 2.23. The molecule has 8 heteroatoms. The Morgan fingerprint density at radius 2 is 1.97 bits per heavy atom. The van der Waals surface area contributed by atoms with Gasteiger partial charge in [-0.2, -0.15) is 0 Å². The van der Waals surface area contributed by atoms with Crippen molar-refractivity contribution in [1.29, 1.82) is 0 Å². The van der Waals surface area contributed by atoms with E-state index in [1.807, 2.05) is 30.3 Å². The number of nitrogens with one attached hydrogen (secondary N) is 1. The number of methoxy groups -OCH3 is 1. The Labute approximate surface area is 176 Å². The normalized spacial score (nSPS) is 19.1. The number of nitrogens with zero attached hydrogens (tertiary/aromatic N) is 3. The summed E-state index contributed by atoms with van der Waals surface area (Å²) in [5.41, 5.74) is 1.16. The van der Waals surface area contributed by atoms with E-state index in [2.05, 4.69) is 34.0 Å². The monoisotopic (exact) mass is 416 g/mol. The van der Waals surface area contributed by atoms with Crippen molar-refractivity contribution in [3.8, 4) is 5.75 Å². The quantitative estimate of drug-likeness (QED) is 0.523. The van der Waals surface area contributed by atoms with Gasteiger partial charge in [0.05, 0.1) is 25.1 Å². The average Bonchev–Trinajstić information content (AvgIpc) is 2.72. The number of carbonyl (C=O) groups is 1. The van der Waals surface area contributed by atoms with Crippen LogP contribution in [0.3, 0.4) is 0 Å². The van der Waals surface area contributed by atoms with Gasteiger partial charge in [0, 0.05) is 25.7 Å². The Bertz CT molecular complexity index is 793. The Hall–Kier alpha value is -2.32. The second-order valence-electron chi connectivity index (χ2n) is 7.11. The molecule has 0 spiro atoms. The molecule has 2 atom stereocenters. The van der Waals surface area contributed by atoms with E-state index >= 15 is 0 Å². The first-order valence-corrected chi connectivity index (χ1v) is 10.8. The molecule has 1 aliphatic heterocycles. The zero-order valence-electron chi connectivity index (χ0n) is 17.1. The van der Waals surface area contributed by atoms with E-state index in [1.165, 1.54) is 11.8 Å². The summed E-state index contributed by atoms with van der Waals surface area (Å²) in [4.78, 5) is 23.0. The number of anilines is 1. The fraction of sp³-hybridized carbons (Fsp3) is 0.476. The van der Waals surface area contributed by atoms with Gasteiger partial charge in [-0.15, -0.1) is 0 Å². The molecular weight excluding hydrogens is 388 g/mol. The number of thioether (sulfide) groups is 1. The topological polar surface area (TPSA) is 76.6 Å². The Morgan fingerprint density at radius 1 is 1.24 bits per heavy atom. The lowest BCUT2D eigenvalue weighted by Crippen LogP contribution is -2.45. The van der Waals surface area contributed by atoms with Crippen LogP contribution in [-0.2, 0) is 16.0 Å². The number of aromatic nitrogens is 2.